The Kier molecular flexibility index (Phi) is 5.50. The van der Waals surface area contributed by atoms with Crippen LogP contribution in [0, 0.1) is 24.6 Å². The Labute approximate surface area is 202 Å². The highest BCUT2D eigenvalue weighted by molar-refractivity contribution is 5.92. The smallest absolute Gasteiger partial charge is 0.343 e. The number of cyclic esters (lactones) is 1. The molecule has 0 radical (unpaired) electrons. The third-order valence-electron chi connectivity index (χ3n) is 7.07. The van der Waals surface area contributed by atoms with Gasteiger partial charge in [0.05, 0.1) is 35.6 Å². The normalized spacial score (nSPS) is 18.1. The average molecular weight is 476 g/mol. The zero-order valence-electron chi connectivity index (χ0n) is 20.2. The average Bonchev–Trinajstić information content (AvgIpc) is 3.21. The number of hydrogen-bond donors (Lipinski definition) is 1. The molecule has 1 aromatic carbocycles. The second-order valence-corrected chi connectivity index (χ2v) is 9.17. The molecular weight excluding hydrogens is 449 g/mol. The number of aryl methyl sites for hydroxylation is 1. The minimum Gasteiger partial charge on any atom is -0.458 e. The van der Waals surface area contributed by atoms with Gasteiger partial charge in [-0.25, -0.2) is 14.2 Å². The molecule has 7 nitrogen and oxygen atoms in total. The summed E-state index contributed by atoms with van der Waals surface area (Å²) in [6.45, 7) is 6.85. The number of halogens is 1. The molecule has 0 spiro atoms. The fourth-order valence-corrected chi connectivity index (χ4v) is 4.73. The monoisotopic (exact) mass is 475 g/mol. The van der Waals surface area contributed by atoms with Crippen molar-refractivity contribution in [2.24, 2.45) is 0 Å². The molecule has 180 valence electrons. The molecule has 35 heavy (non-hydrogen) atoms. The number of esters is 1. The zero-order chi connectivity index (χ0) is 25.1. The summed E-state index contributed by atoms with van der Waals surface area (Å²) in [4.78, 5) is 32.7. The Morgan fingerprint density at radius 3 is 2.74 bits per heavy atom. The number of rotatable bonds is 3. The highest BCUT2D eigenvalue weighted by Crippen LogP contribution is 2.40. The maximum atomic E-state index is 14.5. The minimum atomic E-state index is -1.90. The second kappa shape index (κ2) is 8.29. The van der Waals surface area contributed by atoms with E-state index in [9.17, 15) is 19.1 Å². The van der Waals surface area contributed by atoms with Crippen LogP contribution < -0.4 is 5.56 Å². The summed E-state index contributed by atoms with van der Waals surface area (Å²) in [6, 6.07) is 4.77. The van der Waals surface area contributed by atoms with Gasteiger partial charge in [-0.05, 0) is 44.6 Å². The molecule has 5 rings (SSSR count). The first kappa shape index (κ1) is 23.2. The molecule has 0 aliphatic carbocycles. The molecule has 0 saturated carbocycles. The van der Waals surface area contributed by atoms with Crippen molar-refractivity contribution < 1.29 is 19.0 Å². The van der Waals surface area contributed by atoms with Crippen molar-refractivity contribution in [3.05, 3.63) is 62.2 Å². The van der Waals surface area contributed by atoms with Gasteiger partial charge in [0.15, 0.2) is 5.60 Å². The van der Waals surface area contributed by atoms with E-state index in [2.05, 4.69) is 16.7 Å². The number of ether oxygens (including phenoxy) is 1. The quantitative estimate of drug-likeness (QED) is 0.362. The number of nitrogens with zero attached hydrogens (tertiary/aromatic N) is 3. The Morgan fingerprint density at radius 1 is 1.26 bits per heavy atom. The van der Waals surface area contributed by atoms with Crippen LogP contribution in [0.2, 0.25) is 0 Å². The summed E-state index contributed by atoms with van der Waals surface area (Å²) in [7, 11) is 1.97. The van der Waals surface area contributed by atoms with E-state index in [1.54, 1.807) is 30.5 Å². The van der Waals surface area contributed by atoms with Gasteiger partial charge in [-0.2, -0.15) is 0 Å². The van der Waals surface area contributed by atoms with Crippen LogP contribution in [-0.2, 0) is 28.3 Å². The van der Waals surface area contributed by atoms with Gasteiger partial charge >= 0.3 is 5.97 Å². The molecule has 0 unspecified atom stereocenters. The summed E-state index contributed by atoms with van der Waals surface area (Å²) in [5.41, 5.74) is 1.63. The van der Waals surface area contributed by atoms with Crippen LogP contribution in [0.4, 0.5) is 4.39 Å². The summed E-state index contributed by atoms with van der Waals surface area (Å²) < 4.78 is 21.2. The van der Waals surface area contributed by atoms with Crippen LogP contribution in [-0.4, -0.2) is 45.7 Å². The lowest BCUT2D eigenvalue weighted by Crippen LogP contribution is -2.44. The first-order valence-corrected chi connectivity index (χ1v) is 11.7. The van der Waals surface area contributed by atoms with E-state index in [0.717, 1.165) is 17.5 Å². The molecule has 0 saturated heterocycles. The molecule has 2 aromatic heterocycles. The van der Waals surface area contributed by atoms with E-state index in [0.29, 0.717) is 34.6 Å². The summed E-state index contributed by atoms with van der Waals surface area (Å²) in [5.74, 6) is 5.31. The van der Waals surface area contributed by atoms with Crippen LogP contribution in [0.5, 0.6) is 0 Å². The predicted octanol–water partition coefficient (Wildman–Crippen LogP) is 2.83. The number of hydrogen-bond acceptors (Lipinski definition) is 6. The van der Waals surface area contributed by atoms with Crippen molar-refractivity contribution in [3.63, 3.8) is 0 Å². The number of carbonyl (C=O) groups excluding carboxylic acids is 1. The molecule has 0 bridgehead atoms. The van der Waals surface area contributed by atoms with Crippen molar-refractivity contribution in [1.82, 2.24) is 14.5 Å². The largest absolute Gasteiger partial charge is 0.458 e. The van der Waals surface area contributed by atoms with Gasteiger partial charge in [-0.3, -0.25) is 9.69 Å². The third-order valence-corrected chi connectivity index (χ3v) is 7.07. The Hall–Kier alpha value is -3.54. The SMILES string of the molecule is CCN(C)CC#Cc1c2c(nc3cc(F)c(C)cc13)-c1cc3c(c(=O)n1C2)COC(=O)[C@]3(O)CC. The standard InChI is InChI=1S/C27H26FN3O4/c1-5-27(34)20-11-23-24-18(13-31(23)25(32)19(20)14-35-26(27)33)16(8-7-9-30(4)6-2)17-10-15(3)21(28)12-22(17)29-24/h10-12,34H,5-6,9,13-14H2,1-4H3/t27-/m0/s1. The van der Waals surface area contributed by atoms with E-state index >= 15 is 0 Å². The third kappa shape index (κ3) is 3.46. The lowest BCUT2D eigenvalue weighted by molar-refractivity contribution is -0.172. The zero-order valence-corrected chi connectivity index (χ0v) is 20.2. The number of benzene rings is 1. The molecule has 0 fully saturated rings. The van der Waals surface area contributed by atoms with Crippen molar-refractivity contribution in [2.45, 2.75) is 45.9 Å². The van der Waals surface area contributed by atoms with Gasteiger partial charge in [0.1, 0.15) is 12.4 Å². The van der Waals surface area contributed by atoms with Gasteiger partial charge in [0.2, 0.25) is 0 Å². The molecule has 2 aliphatic heterocycles. The lowest BCUT2D eigenvalue weighted by atomic mass is 9.86. The molecular formula is C27H26FN3O4. The fraction of sp³-hybridized carbons (Fsp3) is 0.370. The topological polar surface area (TPSA) is 84.7 Å². The van der Waals surface area contributed by atoms with Gasteiger partial charge in [0.25, 0.3) is 5.56 Å². The first-order chi connectivity index (χ1) is 16.7. The number of pyridine rings is 2. The maximum Gasteiger partial charge on any atom is 0.343 e. The molecule has 0 amide bonds. The second-order valence-electron chi connectivity index (χ2n) is 9.17. The van der Waals surface area contributed by atoms with E-state index in [1.165, 1.54) is 6.07 Å². The molecule has 1 N–H and O–H groups in total. The lowest BCUT2D eigenvalue weighted by Gasteiger charge is -2.31. The first-order valence-electron chi connectivity index (χ1n) is 11.7. The summed E-state index contributed by atoms with van der Waals surface area (Å²) >= 11 is 0. The summed E-state index contributed by atoms with van der Waals surface area (Å²) in [5, 5.41) is 11.8. The highest BCUT2D eigenvalue weighted by Gasteiger charge is 2.45. The van der Waals surface area contributed by atoms with Crippen LogP contribution in [0.25, 0.3) is 22.3 Å². The van der Waals surface area contributed by atoms with Crippen molar-refractivity contribution in [1.29, 1.82) is 0 Å². The van der Waals surface area contributed by atoms with E-state index in [1.807, 2.05) is 14.0 Å². The van der Waals surface area contributed by atoms with Gasteiger partial charge < -0.3 is 14.4 Å². The number of aromatic nitrogens is 2. The van der Waals surface area contributed by atoms with E-state index < -0.39 is 11.6 Å². The van der Waals surface area contributed by atoms with Crippen molar-refractivity contribution in [2.75, 3.05) is 20.1 Å². The van der Waals surface area contributed by atoms with E-state index in [-0.39, 0.29) is 42.1 Å². The highest BCUT2D eigenvalue weighted by atomic mass is 19.1. The molecule has 3 aromatic rings. The molecule has 8 heteroatoms. The molecule has 1 atom stereocenters. The van der Waals surface area contributed by atoms with Crippen molar-refractivity contribution in [3.8, 4) is 23.2 Å². The predicted molar refractivity (Wildman–Crippen MR) is 129 cm³/mol. The summed E-state index contributed by atoms with van der Waals surface area (Å²) in [6.07, 6.45) is 0.0614. The van der Waals surface area contributed by atoms with E-state index in [4.69, 9.17) is 9.72 Å². The van der Waals surface area contributed by atoms with Gasteiger partial charge in [-0.1, -0.05) is 25.7 Å². The van der Waals surface area contributed by atoms with Crippen molar-refractivity contribution >= 4 is 16.9 Å². The molecule has 4 heterocycles. The van der Waals surface area contributed by atoms with Gasteiger partial charge in [-0.15, -0.1) is 0 Å². The molecule has 2 aliphatic rings. The number of carbonyl (C=O) groups is 1. The van der Waals surface area contributed by atoms with Crippen LogP contribution >= 0.6 is 0 Å². The number of aliphatic hydroxyl groups is 1. The van der Waals surface area contributed by atoms with Gasteiger partial charge in [0, 0.05) is 28.1 Å². The van der Waals surface area contributed by atoms with Crippen LogP contribution in [0.3, 0.4) is 0 Å². The Balaban J connectivity index is 1.79. The minimum absolute atomic E-state index is 0.0614. The Morgan fingerprint density at radius 2 is 2.03 bits per heavy atom. The maximum absolute atomic E-state index is 14.5. The number of fused-ring (bicyclic) bond motifs is 5. The van der Waals surface area contributed by atoms with Crippen LogP contribution in [0.15, 0.2) is 23.0 Å². The Bertz CT molecular complexity index is 1530. The fourth-order valence-electron chi connectivity index (χ4n) is 4.73. The van der Waals surface area contributed by atoms with Crippen LogP contribution in [0.1, 0.15) is 48.1 Å².